The van der Waals surface area contributed by atoms with Gasteiger partial charge in [0.1, 0.15) is 0 Å². The number of rotatable bonds is 2. The highest BCUT2D eigenvalue weighted by Gasteiger charge is 2.47. The van der Waals surface area contributed by atoms with Crippen LogP contribution in [0.1, 0.15) is 27.5 Å². The van der Waals surface area contributed by atoms with E-state index in [-0.39, 0.29) is 5.91 Å². The molecule has 2 aromatic carbocycles. The van der Waals surface area contributed by atoms with Gasteiger partial charge in [0.05, 0.1) is 10.2 Å². The van der Waals surface area contributed by atoms with Crippen molar-refractivity contribution in [1.29, 1.82) is 0 Å². The Bertz CT molecular complexity index is 1050. The molecule has 0 aliphatic carbocycles. The lowest BCUT2D eigenvalue weighted by atomic mass is 9.90. The lowest BCUT2D eigenvalue weighted by molar-refractivity contribution is 0.0768. The fourth-order valence-electron chi connectivity index (χ4n) is 5.10. The van der Waals surface area contributed by atoms with Gasteiger partial charge in [-0.1, -0.05) is 41.7 Å². The molecule has 28 heavy (non-hydrogen) atoms. The number of anilines is 1. The molecular formula is C22H24N4OS. The molecule has 5 rings (SSSR count). The fourth-order valence-corrected chi connectivity index (χ4v) is 5.95. The molecule has 0 radical (unpaired) electrons. The van der Waals surface area contributed by atoms with Crippen LogP contribution in [-0.2, 0) is 0 Å². The van der Waals surface area contributed by atoms with Crippen molar-refractivity contribution in [3.8, 4) is 0 Å². The SMILES string of the molecule is Cc1cc(C(=O)N2C[C@@H]3CN(C)[C@@H](c4ccccc4)[C@@H]3C2)cc2sc(N)nc12. The van der Waals surface area contributed by atoms with Gasteiger partial charge in [-0.15, -0.1) is 0 Å². The first kappa shape index (κ1) is 17.6. The monoisotopic (exact) mass is 392 g/mol. The number of nitrogens with zero attached hydrogens (tertiary/aromatic N) is 3. The third-order valence-corrected chi connectivity index (χ3v) is 7.10. The average molecular weight is 393 g/mol. The summed E-state index contributed by atoms with van der Waals surface area (Å²) in [6, 6.07) is 15.0. The molecule has 2 N–H and O–H groups in total. The molecule has 2 saturated heterocycles. The predicted molar refractivity (Wildman–Crippen MR) is 113 cm³/mol. The lowest BCUT2D eigenvalue weighted by Crippen LogP contribution is -2.33. The highest BCUT2D eigenvalue weighted by Crippen LogP contribution is 2.44. The molecule has 2 aliphatic heterocycles. The number of benzene rings is 2. The van der Waals surface area contributed by atoms with Gasteiger partial charge < -0.3 is 10.6 Å². The Kier molecular flexibility index (Phi) is 4.14. The number of fused-ring (bicyclic) bond motifs is 2. The largest absolute Gasteiger partial charge is 0.375 e. The average Bonchev–Trinajstić information content (AvgIpc) is 3.33. The van der Waals surface area contributed by atoms with Gasteiger partial charge in [-0.25, -0.2) is 4.98 Å². The molecule has 2 aliphatic rings. The smallest absolute Gasteiger partial charge is 0.253 e. The van der Waals surface area contributed by atoms with Gasteiger partial charge in [0, 0.05) is 37.2 Å². The van der Waals surface area contributed by atoms with Crippen molar-refractivity contribution in [2.75, 3.05) is 32.4 Å². The van der Waals surface area contributed by atoms with Crippen molar-refractivity contribution in [3.63, 3.8) is 0 Å². The summed E-state index contributed by atoms with van der Waals surface area (Å²) in [5.41, 5.74) is 9.88. The molecule has 0 spiro atoms. The minimum absolute atomic E-state index is 0.126. The first-order valence-corrected chi connectivity index (χ1v) is 10.5. The Hall–Kier alpha value is -2.44. The van der Waals surface area contributed by atoms with E-state index in [9.17, 15) is 4.79 Å². The van der Waals surface area contributed by atoms with Crippen molar-refractivity contribution in [1.82, 2.24) is 14.8 Å². The number of nitrogens with two attached hydrogens (primary N) is 1. The lowest BCUT2D eigenvalue weighted by Gasteiger charge is -2.27. The summed E-state index contributed by atoms with van der Waals surface area (Å²) < 4.78 is 0.988. The van der Waals surface area contributed by atoms with E-state index in [0.717, 1.165) is 41.0 Å². The zero-order chi connectivity index (χ0) is 19.4. The van der Waals surface area contributed by atoms with Crippen LogP contribution >= 0.6 is 11.3 Å². The summed E-state index contributed by atoms with van der Waals surface area (Å²) in [5, 5.41) is 0.548. The molecule has 3 heterocycles. The molecule has 2 fully saturated rings. The van der Waals surface area contributed by atoms with E-state index < -0.39 is 0 Å². The van der Waals surface area contributed by atoms with E-state index in [0.29, 0.717) is 23.0 Å². The van der Waals surface area contributed by atoms with Gasteiger partial charge in [-0.2, -0.15) is 0 Å². The third kappa shape index (κ3) is 2.79. The van der Waals surface area contributed by atoms with Gasteiger partial charge in [-0.3, -0.25) is 9.69 Å². The number of hydrogen-bond donors (Lipinski definition) is 1. The molecule has 1 amide bonds. The van der Waals surface area contributed by atoms with E-state index in [4.69, 9.17) is 5.73 Å². The maximum atomic E-state index is 13.3. The first-order chi connectivity index (χ1) is 13.5. The summed E-state index contributed by atoms with van der Waals surface area (Å²) in [7, 11) is 2.20. The minimum Gasteiger partial charge on any atom is -0.375 e. The van der Waals surface area contributed by atoms with Crippen molar-refractivity contribution < 1.29 is 4.79 Å². The molecule has 144 valence electrons. The number of aryl methyl sites for hydroxylation is 1. The Morgan fingerprint density at radius 3 is 2.75 bits per heavy atom. The number of amides is 1. The van der Waals surface area contributed by atoms with Crippen LogP contribution in [0.3, 0.4) is 0 Å². The number of nitrogen functional groups attached to an aromatic ring is 1. The van der Waals surface area contributed by atoms with Crippen LogP contribution in [0.25, 0.3) is 10.2 Å². The normalized spacial score (nSPS) is 24.8. The van der Waals surface area contributed by atoms with Gasteiger partial charge >= 0.3 is 0 Å². The van der Waals surface area contributed by atoms with E-state index in [1.165, 1.54) is 16.9 Å². The molecule has 5 nitrogen and oxygen atoms in total. The molecule has 0 bridgehead atoms. The Labute approximate surface area is 168 Å². The Morgan fingerprint density at radius 1 is 1.18 bits per heavy atom. The number of carbonyl (C=O) groups excluding carboxylic acids is 1. The number of likely N-dealkylation sites (tertiary alicyclic amines) is 2. The van der Waals surface area contributed by atoms with Gasteiger partial charge in [0.15, 0.2) is 5.13 Å². The quantitative estimate of drug-likeness (QED) is 0.724. The van der Waals surface area contributed by atoms with Gasteiger partial charge in [0.25, 0.3) is 5.91 Å². The van der Waals surface area contributed by atoms with Crippen molar-refractivity contribution in [2.45, 2.75) is 13.0 Å². The summed E-state index contributed by atoms with van der Waals surface area (Å²) >= 11 is 1.44. The standard InChI is InChI=1S/C22H24N4OS/c1-13-8-15(9-18-19(13)24-22(23)28-18)21(27)26-11-16-10-25(2)20(17(16)12-26)14-6-4-3-5-7-14/h3-9,16-17,20H,10-12H2,1-2H3,(H2,23,24)/t16-,17+,20-/m0/s1. The third-order valence-electron chi connectivity index (χ3n) is 6.27. The topological polar surface area (TPSA) is 62.5 Å². The van der Waals surface area contributed by atoms with Crippen LogP contribution in [-0.4, -0.2) is 47.4 Å². The van der Waals surface area contributed by atoms with Crippen LogP contribution in [0, 0.1) is 18.8 Å². The van der Waals surface area contributed by atoms with Crippen LogP contribution in [0.15, 0.2) is 42.5 Å². The molecule has 0 unspecified atom stereocenters. The minimum atomic E-state index is 0.126. The van der Waals surface area contributed by atoms with E-state index in [1.807, 2.05) is 24.0 Å². The van der Waals surface area contributed by atoms with E-state index in [2.05, 4.69) is 47.3 Å². The number of aromatic nitrogens is 1. The summed E-state index contributed by atoms with van der Waals surface area (Å²) in [6.07, 6.45) is 0. The van der Waals surface area contributed by atoms with Crippen molar-refractivity contribution in [2.24, 2.45) is 11.8 Å². The van der Waals surface area contributed by atoms with Crippen LogP contribution < -0.4 is 5.73 Å². The van der Waals surface area contributed by atoms with E-state index in [1.54, 1.807) is 0 Å². The van der Waals surface area contributed by atoms with Crippen LogP contribution in [0.4, 0.5) is 5.13 Å². The molecule has 1 aromatic heterocycles. The predicted octanol–water partition coefficient (Wildman–Crippen LogP) is 3.56. The molecule has 3 atom stereocenters. The van der Waals surface area contributed by atoms with Crippen molar-refractivity contribution >= 4 is 32.6 Å². The van der Waals surface area contributed by atoms with Crippen molar-refractivity contribution in [3.05, 3.63) is 59.2 Å². The highest BCUT2D eigenvalue weighted by atomic mass is 32.1. The van der Waals surface area contributed by atoms with Gasteiger partial charge in [0.2, 0.25) is 0 Å². The van der Waals surface area contributed by atoms with Crippen LogP contribution in [0.2, 0.25) is 0 Å². The summed E-state index contributed by atoms with van der Waals surface area (Å²) in [4.78, 5) is 22.1. The Balaban J connectivity index is 1.41. The highest BCUT2D eigenvalue weighted by molar-refractivity contribution is 7.22. The second-order valence-corrected chi connectivity index (χ2v) is 9.18. The maximum absolute atomic E-state index is 13.3. The molecule has 0 saturated carbocycles. The second kappa shape index (κ2) is 6.57. The number of thiazole rings is 1. The molecule has 6 heteroatoms. The first-order valence-electron chi connectivity index (χ1n) is 9.72. The zero-order valence-electron chi connectivity index (χ0n) is 16.1. The molecule has 3 aromatic rings. The summed E-state index contributed by atoms with van der Waals surface area (Å²) in [5.74, 6) is 1.14. The van der Waals surface area contributed by atoms with Gasteiger partial charge in [-0.05, 0) is 43.1 Å². The maximum Gasteiger partial charge on any atom is 0.253 e. The van der Waals surface area contributed by atoms with Crippen LogP contribution in [0.5, 0.6) is 0 Å². The number of hydrogen-bond acceptors (Lipinski definition) is 5. The molecular weight excluding hydrogens is 368 g/mol. The number of carbonyl (C=O) groups is 1. The summed E-state index contributed by atoms with van der Waals surface area (Å²) in [6.45, 7) is 4.68. The Morgan fingerprint density at radius 2 is 1.96 bits per heavy atom. The van der Waals surface area contributed by atoms with E-state index >= 15 is 0 Å². The zero-order valence-corrected chi connectivity index (χ0v) is 16.9. The fraction of sp³-hybridized carbons (Fsp3) is 0.364. The second-order valence-electron chi connectivity index (χ2n) is 8.12.